The van der Waals surface area contributed by atoms with E-state index in [0.717, 1.165) is 31.0 Å². The van der Waals surface area contributed by atoms with Crippen molar-refractivity contribution in [2.24, 2.45) is 0 Å². The number of nitrogens with one attached hydrogen (secondary N) is 1. The van der Waals surface area contributed by atoms with Crippen LogP contribution in [0.5, 0.6) is 0 Å². The quantitative estimate of drug-likeness (QED) is 0.372. The van der Waals surface area contributed by atoms with Gasteiger partial charge in [-0.3, -0.25) is 4.79 Å². The molecule has 2 aromatic carbocycles. The topological polar surface area (TPSA) is 90.9 Å². The van der Waals surface area contributed by atoms with E-state index in [0.29, 0.717) is 5.56 Å². The van der Waals surface area contributed by atoms with Gasteiger partial charge >= 0.3 is 18.2 Å². The molecule has 0 saturated heterocycles. The number of benzene rings is 2. The maximum Gasteiger partial charge on any atom is 0.432 e. The van der Waals surface area contributed by atoms with Crippen LogP contribution in [0.25, 0.3) is 0 Å². The number of thioether (sulfide) groups is 1. The summed E-state index contributed by atoms with van der Waals surface area (Å²) in [5.74, 6) is -1.86. The van der Waals surface area contributed by atoms with Crippen molar-refractivity contribution in [3.8, 4) is 0 Å². The molecule has 0 saturated carbocycles. The monoisotopic (exact) mass is 569 g/mol. The number of alkyl carbamates (subject to hydrolysis) is 1. The fraction of sp³-hybridized carbons (Fsp3) is 0.464. The van der Waals surface area contributed by atoms with Gasteiger partial charge in [0.15, 0.2) is 6.10 Å². The average Bonchev–Trinajstić information content (AvgIpc) is 2.80. The standard InChI is InChI=1S/C28H34F3NO6S/c1-25(2,3)38-24(35)32-20(18-14-10-8-11-15-18)21(22(33)39-26(4,5)6)37-23(34)27(36-7,28(29,30)31)19-16-12-9-13-17-19/h8-17,20-21H,1-7H3,(H,32,35)/t20-,21+,27-/m0/s1. The van der Waals surface area contributed by atoms with Crippen molar-refractivity contribution in [2.45, 2.75) is 75.8 Å². The van der Waals surface area contributed by atoms with E-state index in [4.69, 9.17) is 14.2 Å². The number of carbonyl (C=O) groups is 3. The van der Waals surface area contributed by atoms with Crippen LogP contribution in [0.15, 0.2) is 60.7 Å². The number of methoxy groups -OCH3 is 1. The average molecular weight is 570 g/mol. The van der Waals surface area contributed by atoms with Crippen molar-refractivity contribution < 1.29 is 41.8 Å². The molecule has 0 bridgehead atoms. The largest absolute Gasteiger partial charge is 0.448 e. The van der Waals surface area contributed by atoms with Crippen LogP contribution in [0.4, 0.5) is 18.0 Å². The third-order valence-corrected chi connectivity index (χ3v) is 6.23. The van der Waals surface area contributed by atoms with E-state index in [1.165, 1.54) is 18.2 Å². The van der Waals surface area contributed by atoms with Gasteiger partial charge in [0, 0.05) is 17.4 Å². The minimum Gasteiger partial charge on any atom is -0.448 e. The smallest absolute Gasteiger partial charge is 0.432 e. The first kappa shape index (κ1) is 32.2. The van der Waals surface area contributed by atoms with Crippen LogP contribution in [0.2, 0.25) is 0 Å². The number of esters is 1. The zero-order valence-corrected chi connectivity index (χ0v) is 23.7. The van der Waals surface area contributed by atoms with E-state index in [-0.39, 0.29) is 0 Å². The van der Waals surface area contributed by atoms with Crippen LogP contribution in [0, 0.1) is 0 Å². The summed E-state index contributed by atoms with van der Waals surface area (Å²) in [6.45, 7) is 10.0. The van der Waals surface area contributed by atoms with Crippen LogP contribution >= 0.6 is 11.8 Å². The molecular weight excluding hydrogens is 535 g/mol. The highest BCUT2D eigenvalue weighted by Gasteiger charge is 2.64. The number of hydrogen-bond acceptors (Lipinski definition) is 7. The second-order valence-electron chi connectivity index (χ2n) is 10.6. The Morgan fingerprint density at radius 2 is 1.36 bits per heavy atom. The zero-order chi connectivity index (χ0) is 29.6. The van der Waals surface area contributed by atoms with Crippen LogP contribution in [0.1, 0.15) is 58.7 Å². The van der Waals surface area contributed by atoms with Gasteiger partial charge in [-0.05, 0) is 26.3 Å². The maximum absolute atomic E-state index is 14.5. The molecule has 2 aromatic rings. The lowest BCUT2D eigenvalue weighted by Crippen LogP contribution is -2.54. The molecule has 7 nitrogen and oxygen atoms in total. The minimum absolute atomic E-state index is 0.304. The summed E-state index contributed by atoms with van der Waals surface area (Å²) in [6, 6.07) is 12.9. The number of halogens is 3. The van der Waals surface area contributed by atoms with Crippen molar-refractivity contribution in [2.75, 3.05) is 7.11 Å². The predicted octanol–water partition coefficient (Wildman–Crippen LogP) is 6.33. The van der Waals surface area contributed by atoms with Gasteiger partial charge in [0.05, 0.1) is 0 Å². The second kappa shape index (κ2) is 12.4. The van der Waals surface area contributed by atoms with Gasteiger partial charge in [0.2, 0.25) is 5.12 Å². The van der Waals surface area contributed by atoms with Crippen LogP contribution < -0.4 is 5.32 Å². The number of amides is 1. The molecule has 1 amide bonds. The van der Waals surface area contributed by atoms with E-state index in [1.807, 2.05) is 0 Å². The molecule has 39 heavy (non-hydrogen) atoms. The fourth-order valence-corrected chi connectivity index (χ4v) is 4.53. The summed E-state index contributed by atoms with van der Waals surface area (Å²) >= 11 is 0.761. The lowest BCUT2D eigenvalue weighted by molar-refractivity contribution is -0.278. The molecule has 0 unspecified atom stereocenters. The Kier molecular flexibility index (Phi) is 10.2. The predicted molar refractivity (Wildman–Crippen MR) is 142 cm³/mol. The summed E-state index contributed by atoms with van der Waals surface area (Å²) in [7, 11) is 0.732. The Balaban J connectivity index is 2.66. The van der Waals surface area contributed by atoms with Crippen LogP contribution in [-0.4, -0.2) is 46.9 Å². The lowest BCUT2D eigenvalue weighted by atomic mass is 9.92. The van der Waals surface area contributed by atoms with Gasteiger partial charge in [0.25, 0.3) is 5.60 Å². The lowest BCUT2D eigenvalue weighted by Gasteiger charge is -2.35. The van der Waals surface area contributed by atoms with E-state index in [9.17, 15) is 27.6 Å². The van der Waals surface area contributed by atoms with Gasteiger partial charge in [-0.2, -0.15) is 13.2 Å². The highest BCUT2D eigenvalue weighted by molar-refractivity contribution is 8.14. The second-order valence-corrected chi connectivity index (χ2v) is 12.5. The molecule has 0 spiro atoms. The van der Waals surface area contributed by atoms with Gasteiger partial charge in [-0.25, -0.2) is 9.59 Å². The Morgan fingerprint density at radius 3 is 1.79 bits per heavy atom. The summed E-state index contributed by atoms with van der Waals surface area (Å²) in [6.07, 6.45) is -8.09. The Bertz CT molecular complexity index is 1130. The third-order valence-electron chi connectivity index (χ3n) is 5.18. The highest BCUT2D eigenvalue weighted by Crippen LogP contribution is 2.44. The molecule has 0 radical (unpaired) electrons. The van der Waals surface area contributed by atoms with Gasteiger partial charge < -0.3 is 19.5 Å². The molecule has 2 rings (SSSR count). The molecule has 0 aromatic heterocycles. The van der Waals surface area contributed by atoms with Crippen molar-refractivity contribution in [1.82, 2.24) is 5.32 Å². The molecule has 3 atom stereocenters. The van der Waals surface area contributed by atoms with Crippen molar-refractivity contribution >= 4 is 28.9 Å². The number of rotatable bonds is 8. The first-order chi connectivity index (χ1) is 17.9. The molecule has 11 heteroatoms. The Morgan fingerprint density at radius 1 is 0.846 bits per heavy atom. The van der Waals surface area contributed by atoms with Crippen molar-refractivity contribution in [1.29, 1.82) is 0 Å². The molecule has 0 aliphatic carbocycles. The summed E-state index contributed by atoms with van der Waals surface area (Å²) in [5.41, 5.74) is -4.68. The molecule has 0 aliphatic rings. The molecule has 0 heterocycles. The molecule has 1 N–H and O–H groups in total. The Hall–Kier alpha value is -3.05. The maximum atomic E-state index is 14.5. The van der Waals surface area contributed by atoms with Crippen LogP contribution in [-0.2, 0) is 29.4 Å². The summed E-state index contributed by atoms with van der Waals surface area (Å²) in [4.78, 5) is 39.8. The Labute approximate surface area is 230 Å². The molecule has 214 valence electrons. The molecule has 0 aliphatic heterocycles. The minimum atomic E-state index is -5.26. The summed E-state index contributed by atoms with van der Waals surface area (Å²) < 4.78 is 58.5. The van der Waals surface area contributed by atoms with Crippen LogP contribution in [0.3, 0.4) is 0 Å². The van der Waals surface area contributed by atoms with E-state index >= 15 is 0 Å². The van der Waals surface area contributed by atoms with Gasteiger partial charge in [-0.15, -0.1) is 0 Å². The third kappa shape index (κ3) is 8.47. The van der Waals surface area contributed by atoms with Crippen molar-refractivity contribution in [3.05, 3.63) is 71.8 Å². The fourth-order valence-electron chi connectivity index (χ4n) is 3.63. The zero-order valence-electron chi connectivity index (χ0n) is 22.9. The van der Waals surface area contributed by atoms with E-state index in [1.54, 1.807) is 71.9 Å². The molecule has 0 fully saturated rings. The summed E-state index contributed by atoms with van der Waals surface area (Å²) in [5, 5.41) is 1.74. The van der Waals surface area contributed by atoms with E-state index < -0.39 is 57.0 Å². The number of alkyl halides is 3. The first-order valence-corrected chi connectivity index (χ1v) is 12.9. The number of carbonyl (C=O) groups excluding carboxylic acids is 3. The van der Waals surface area contributed by atoms with E-state index in [2.05, 4.69) is 5.32 Å². The SMILES string of the molecule is CO[C@](C(=O)O[C@@H](C(=O)SC(C)(C)C)[C@@H](NC(=O)OC(C)(C)C)c1ccccc1)(c1ccccc1)C(F)(F)F. The normalized spacial score (nSPS) is 15.4. The molecular formula is C28H34F3NO6S. The highest BCUT2D eigenvalue weighted by atomic mass is 32.2. The first-order valence-electron chi connectivity index (χ1n) is 12.1. The van der Waals surface area contributed by atoms with Gasteiger partial charge in [-0.1, -0.05) is 93.2 Å². The van der Waals surface area contributed by atoms with Crippen molar-refractivity contribution in [3.63, 3.8) is 0 Å². The van der Waals surface area contributed by atoms with Gasteiger partial charge in [0.1, 0.15) is 11.6 Å². The number of ether oxygens (including phenoxy) is 3. The number of hydrogen-bond donors (Lipinski definition) is 1.